The number of nitrogens with one attached hydrogen (secondary N) is 1. The monoisotopic (exact) mass is 540 g/mol. The van der Waals surface area contributed by atoms with Crippen LogP contribution in [0.2, 0.25) is 15.1 Å². The third-order valence-corrected chi connectivity index (χ3v) is 6.18. The number of amides is 4. The second-order valence-corrected chi connectivity index (χ2v) is 9.10. The fraction of sp³-hybridized carbons (Fsp3) is 0.0741. The Balaban J connectivity index is 1.61. The average molecular weight is 542 g/mol. The van der Waals surface area contributed by atoms with Gasteiger partial charge in [-0.3, -0.25) is 14.9 Å². The number of rotatable bonds is 7. The molecule has 1 aliphatic heterocycles. The first-order chi connectivity index (χ1) is 17.3. The number of halogens is 3. The lowest BCUT2D eigenvalue weighted by atomic mass is 10.0. The minimum Gasteiger partial charge on any atom is -0.489 e. The van der Waals surface area contributed by atoms with E-state index in [0.717, 1.165) is 16.0 Å². The smallest absolute Gasteiger partial charge is 0.335 e. The normalized spacial score (nSPS) is 14.7. The third-order valence-electron chi connectivity index (χ3n) is 5.34. The minimum absolute atomic E-state index is 0.185. The molecule has 3 aromatic rings. The molecule has 0 bridgehead atoms. The van der Waals surface area contributed by atoms with Crippen LogP contribution in [0.3, 0.4) is 0 Å². The first kappa shape index (κ1) is 25.5. The number of anilines is 1. The molecule has 0 spiro atoms. The summed E-state index contributed by atoms with van der Waals surface area (Å²) >= 11 is 18.1. The fourth-order valence-corrected chi connectivity index (χ4v) is 4.18. The molecule has 4 rings (SSSR count). The lowest BCUT2D eigenvalue weighted by Crippen LogP contribution is -2.54. The second-order valence-electron chi connectivity index (χ2n) is 7.82. The molecule has 9 heteroatoms. The highest BCUT2D eigenvalue weighted by molar-refractivity contribution is 6.39. The van der Waals surface area contributed by atoms with Gasteiger partial charge in [-0.25, -0.2) is 9.69 Å². The van der Waals surface area contributed by atoms with E-state index in [-0.39, 0.29) is 17.9 Å². The van der Waals surface area contributed by atoms with Crippen molar-refractivity contribution in [3.63, 3.8) is 0 Å². The van der Waals surface area contributed by atoms with Crippen molar-refractivity contribution in [2.75, 3.05) is 4.90 Å². The summed E-state index contributed by atoms with van der Waals surface area (Å²) in [6, 6.07) is 15.7. The molecule has 0 aliphatic carbocycles. The number of imide groups is 2. The summed E-state index contributed by atoms with van der Waals surface area (Å²) in [5.41, 5.74) is 2.24. The standard InChI is InChI=1S/C27H19Cl3N2O4/c1-2-3-17-12-16(4-11-24(17)36-15-18-5-6-20(29)14-23(18)30)13-22-25(33)31-27(35)32(26(22)34)21-9-7-19(28)8-10-21/h2,4-14H,1,3,15H2,(H,31,33,35)/b22-13+. The van der Waals surface area contributed by atoms with E-state index in [1.165, 1.54) is 18.2 Å². The summed E-state index contributed by atoms with van der Waals surface area (Å²) in [5, 5.41) is 3.68. The summed E-state index contributed by atoms with van der Waals surface area (Å²) in [7, 11) is 0. The number of hydrogen-bond donors (Lipinski definition) is 1. The zero-order valence-corrected chi connectivity index (χ0v) is 21.0. The van der Waals surface area contributed by atoms with Gasteiger partial charge in [0.15, 0.2) is 0 Å². The maximum Gasteiger partial charge on any atom is 0.335 e. The van der Waals surface area contributed by atoms with Crippen molar-refractivity contribution in [3.05, 3.63) is 111 Å². The number of barbiturate groups is 1. The first-order valence-corrected chi connectivity index (χ1v) is 11.9. The molecule has 0 radical (unpaired) electrons. The molecule has 1 heterocycles. The van der Waals surface area contributed by atoms with Gasteiger partial charge >= 0.3 is 6.03 Å². The summed E-state index contributed by atoms with van der Waals surface area (Å²) in [4.78, 5) is 38.9. The van der Waals surface area contributed by atoms with Crippen molar-refractivity contribution in [1.82, 2.24) is 5.32 Å². The number of urea groups is 1. The van der Waals surface area contributed by atoms with E-state index in [4.69, 9.17) is 39.5 Å². The van der Waals surface area contributed by atoms with Crippen LogP contribution in [-0.4, -0.2) is 17.8 Å². The highest BCUT2D eigenvalue weighted by Gasteiger charge is 2.36. The third kappa shape index (κ3) is 5.62. The van der Waals surface area contributed by atoms with Gasteiger partial charge in [-0.1, -0.05) is 53.0 Å². The van der Waals surface area contributed by atoms with Crippen LogP contribution in [-0.2, 0) is 22.6 Å². The van der Waals surface area contributed by atoms with Gasteiger partial charge in [0.2, 0.25) is 0 Å². The Morgan fingerprint density at radius 2 is 1.61 bits per heavy atom. The predicted molar refractivity (Wildman–Crippen MR) is 142 cm³/mol. The fourth-order valence-electron chi connectivity index (χ4n) is 3.59. The Labute approximate surface area is 222 Å². The van der Waals surface area contributed by atoms with E-state index in [0.29, 0.717) is 32.8 Å². The van der Waals surface area contributed by atoms with Crippen LogP contribution in [0.25, 0.3) is 6.08 Å². The second kappa shape index (κ2) is 11.0. The number of allylic oxidation sites excluding steroid dienone is 1. The zero-order chi connectivity index (χ0) is 25.8. The molecule has 1 N–H and O–H groups in total. The Morgan fingerprint density at radius 3 is 2.31 bits per heavy atom. The van der Waals surface area contributed by atoms with Gasteiger partial charge < -0.3 is 4.74 Å². The molecule has 0 saturated carbocycles. The van der Waals surface area contributed by atoms with E-state index in [1.807, 2.05) is 0 Å². The van der Waals surface area contributed by atoms with Crippen LogP contribution in [0.5, 0.6) is 5.75 Å². The molecule has 182 valence electrons. The average Bonchev–Trinajstić information content (AvgIpc) is 2.83. The Kier molecular flexibility index (Phi) is 7.79. The van der Waals surface area contributed by atoms with Crippen molar-refractivity contribution in [1.29, 1.82) is 0 Å². The molecule has 0 aromatic heterocycles. The highest BCUT2D eigenvalue weighted by Crippen LogP contribution is 2.28. The van der Waals surface area contributed by atoms with Gasteiger partial charge in [0.05, 0.1) is 5.69 Å². The van der Waals surface area contributed by atoms with Gasteiger partial charge in [-0.05, 0) is 72.2 Å². The lowest BCUT2D eigenvalue weighted by molar-refractivity contribution is -0.122. The van der Waals surface area contributed by atoms with Gasteiger partial charge in [0.1, 0.15) is 17.9 Å². The molecule has 4 amide bonds. The molecule has 1 saturated heterocycles. The summed E-state index contributed by atoms with van der Waals surface area (Å²) in [5.74, 6) is -0.923. The quantitative estimate of drug-likeness (QED) is 0.207. The number of nitrogens with zero attached hydrogens (tertiary/aromatic N) is 1. The van der Waals surface area contributed by atoms with Gasteiger partial charge in [-0.15, -0.1) is 6.58 Å². The molecule has 6 nitrogen and oxygen atoms in total. The molecular weight excluding hydrogens is 523 g/mol. The maximum absolute atomic E-state index is 13.1. The van der Waals surface area contributed by atoms with E-state index in [1.54, 1.807) is 54.6 Å². The number of benzene rings is 3. The highest BCUT2D eigenvalue weighted by atomic mass is 35.5. The van der Waals surface area contributed by atoms with Crippen LogP contribution in [0.15, 0.2) is 78.9 Å². The Morgan fingerprint density at radius 1 is 0.889 bits per heavy atom. The van der Waals surface area contributed by atoms with Crippen LogP contribution in [0.1, 0.15) is 16.7 Å². The van der Waals surface area contributed by atoms with Crippen molar-refractivity contribution in [3.8, 4) is 5.75 Å². The topological polar surface area (TPSA) is 75.7 Å². The van der Waals surface area contributed by atoms with E-state index in [9.17, 15) is 14.4 Å². The lowest BCUT2D eigenvalue weighted by Gasteiger charge is -2.26. The molecule has 1 fully saturated rings. The van der Waals surface area contributed by atoms with Gasteiger partial charge in [0.25, 0.3) is 11.8 Å². The molecule has 3 aromatic carbocycles. The maximum atomic E-state index is 13.1. The van der Waals surface area contributed by atoms with Crippen molar-refractivity contribution < 1.29 is 19.1 Å². The van der Waals surface area contributed by atoms with Gasteiger partial charge in [-0.2, -0.15) is 0 Å². The largest absolute Gasteiger partial charge is 0.489 e. The van der Waals surface area contributed by atoms with E-state index >= 15 is 0 Å². The van der Waals surface area contributed by atoms with Crippen LogP contribution in [0.4, 0.5) is 10.5 Å². The zero-order valence-electron chi connectivity index (χ0n) is 18.8. The molecule has 1 aliphatic rings. The number of carbonyl (C=O) groups excluding carboxylic acids is 3. The van der Waals surface area contributed by atoms with Crippen LogP contribution < -0.4 is 15.0 Å². The van der Waals surface area contributed by atoms with Crippen molar-refractivity contribution in [2.45, 2.75) is 13.0 Å². The minimum atomic E-state index is -0.832. The summed E-state index contributed by atoms with van der Waals surface area (Å²) in [6.45, 7) is 4.01. The number of carbonyl (C=O) groups is 3. The molecule has 0 unspecified atom stereocenters. The number of ether oxygens (including phenoxy) is 1. The number of hydrogen-bond acceptors (Lipinski definition) is 4. The summed E-state index contributed by atoms with van der Waals surface area (Å²) < 4.78 is 5.98. The Bertz CT molecular complexity index is 1400. The predicted octanol–water partition coefficient (Wildman–Crippen LogP) is 6.62. The Hall–Kier alpha value is -3.58. The molecular formula is C27H19Cl3N2O4. The molecule has 36 heavy (non-hydrogen) atoms. The van der Waals surface area contributed by atoms with Gasteiger partial charge in [0, 0.05) is 20.6 Å². The van der Waals surface area contributed by atoms with E-state index in [2.05, 4.69) is 11.9 Å². The first-order valence-electron chi connectivity index (χ1n) is 10.7. The van der Waals surface area contributed by atoms with Crippen molar-refractivity contribution >= 4 is 64.4 Å². The van der Waals surface area contributed by atoms with E-state index < -0.39 is 17.8 Å². The summed E-state index contributed by atoms with van der Waals surface area (Å²) in [6.07, 6.45) is 3.63. The van der Waals surface area contributed by atoms with Crippen LogP contribution >= 0.6 is 34.8 Å². The van der Waals surface area contributed by atoms with Crippen molar-refractivity contribution in [2.24, 2.45) is 0 Å². The van der Waals surface area contributed by atoms with Crippen LogP contribution in [0, 0.1) is 0 Å². The molecule has 0 atom stereocenters. The SMILES string of the molecule is C=CCc1cc(/C=C2\C(=O)NC(=O)N(c3ccc(Cl)cc3)C2=O)ccc1OCc1ccc(Cl)cc1Cl.